The van der Waals surface area contributed by atoms with Crippen LogP contribution in [0.3, 0.4) is 0 Å². The van der Waals surface area contributed by atoms with E-state index in [0.29, 0.717) is 21.7 Å². The number of fused-ring (bicyclic) bond motifs is 1. The van der Waals surface area contributed by atoms with E-state index in [4.69, 9.17) is 8.94 Å². The number of hydrogen-bond donors (Lipinski definition) is 1. The van der Waals surface area contributed by atoms with Gasteiger partial charge in [0, 0.05) is 17.0 Å². The molecule has 1 aromatic carbocycles. The fourth-order valence-electron chi connectivity index (χ4n) is 2.93. The fraction of sp³-hybridized carbons (Fsp3) is 0. The molecular formula is C20H12N4O4S. The number of amides is 1. The summed E-state index contributed by atoms with van der Waals surface area (Å²) in [7, 11) is 0. The van der Waals surface area contributed by atoms with E-state index >= 15 is 0 Å². The molecule has 0 aliphatic rings. The number of hydrogen-bond acceptors (Lipinski definition) is 7. The van der Waals surface area contributed by atoms with E-state index in [9.17, 15) is 9.59 Å². The molecule has 0 radical (unpaired) electrons. The Balaban J connectivity index is 1.49. The van der Waals surface area contributed by atoms with Crippen LogP contribution in [0.5, 0.6) is 0 Å². The molecule has 0 unspecified atom stereocenters. The summed E-state index contributed by atoms with van der Waals surface area (Å²) in [6.07, 6.45) is 2.77. The van der Waals surface area contributed by atoms with Crippen molar-refractivity contribution in [2.24, 2.45) is 0 Å². The Morgan fingerprint density at radius 2 is 1.97 bits per heavy atom. The number of benzene rings is 1. The van der Waals surface area contributed by atoms with Crippen molar-refractivity contribution in [2.75, 3.05) is 5.43 Å². The van der Waals surface area contributed by atoms with Crippen LogP contribution in [-0.4, -0.2) is 20.7 Å². The van der Waals surface area contributed by atoms with Gasteiger partial charge < -0.3 is 8.94 Å². The summed E-state index contributed by atoms with van der Waals surface area (Å²) in [6.45, 7) is 0. The van der Waals surface area contributed by atoms with Crippen LogP contribution in [0, 0.1) is 0 Å². The molecule has 5 aromatic rings. The molecule has 1 amide bonds. The van der Waals surface area contributed by atoms with Crippen LogP contribution in [0.25, 0.3) is 32.9 Å². The van der Waals surface area contributed by atoms with Crippen LogP contribution in [0.2, 0.25) is 0 Å². The van der Waals surface area contributed by atoms with E-state index in [-0.39, 0.29) is 11.3 Å². The van der Waals surface area contributed by atoms with Gasteiger partial charge in [-0.3, -0.25) is 15.0 Å². The van der Waals surface area contributed by atoms with Crippen LogP contribution in [0.15, 0.2) is 80.2 Å². The Kier molecular flexibility index (Phi) is 4.07. The normalized spacial score (nSPS) is 11.0. The third-order valence-corrected chi connectivity index (χ3v) is 5.19. The van der Waals surface area contributed by atoms with Gasteiger partial charge >= 0.3 is 0 Å². The Morgan fingerprint density at radius 1 is 1.10 bits per heavy atom. The third-order valence-electron chi connectivity index (χ3n) is 4.31. The molecule has 0 bridgehead atoms. The maximum absolute atomic E-state index is 13.0. The van der Waals surface area contributed by atoms with Gasteiger partial charge in [-0.15, -0.1) is 11.3 Å². The summed E-state index contributed by atoms with van der Waals surface area (Å²) < 4.78 is 11.4. The van der Waals surface area contributed by atoms with Gasteiger partial charge in [0.2, 0.25) is 5.76 Å². The number of rotatable bonds is 4. The van der Waals surface area contributed by atoms with E-state index < -0.39 is 5.91 Å². The number of nitrogens with one attached hydrogen (secondary N) is 1. The van der Waals surface area contributed by atoms with Crippen molar-refractivity contribution in [2.45, 2.75) is 0 Å². The van der Waals surface area contributed by atoms with Crippen LogP contribution in [-0.2, 0) is 0 Å². The molecule has 0 atom stereocenters. The first-order chi connectivity index (χ1) is 14.2. The van der Waals surface area contributed by atoms with Crippen molar-refractivity contribution in [3.63, 3.8) is 0 Å². The predicted octanol–water partition coefficient (Wildman–Crippen LogP) is 3.76. The molecule has 8 nitrogen and oxygen atoms in total. The minimum Gasteiger partial charge on any atom is -0.461 e. The lowest BCUT2D eigenvalue weighted by Gasteiger charge is -2.06. The first kappa shape index (κ1) is 17.1. The number of carbonyl (C=O) groups is 1. The highest BCUT2D eigenvalue weighted by atomic mass is 32.1. The Labute approximate surface area is 167 Å². The largest absolute Gasteiger partial charge is 0.461 e. The van der Waals surface area contributed by atoms with Crippen LogP contribution < -0.4 is 11.0 Å². The number of carbonyl (C=O) groups excluding carboxylic acids is 1. The highest BCUT2D eigenvalue weighted by Gasteiger charge is 2.18. The van der Waals surface area contributed by atoms with Gasteiger partial charge in [-0.05, 0) is 17.7 Å². The molecule has 9 heteroatoms. The highest BCUT2D eigenvalue weighted by molar-refractivity contribution is 7.17. The third kappa shape index (κ3) is 3.03. The molecule has 0 spiro atoms. The second-order valence-corrected chi connectivity index (χ2v) is 6.97. The Hall–Kier alpha value is -3.98. The first-order valence-electron chi connectivity index (χ1n) is 8.57. The monoisotopic (exact) mass is 404 g/mol. The summed E-state index contributed by atoms with van der Waals surface area (Å²) in [4.78, 5) is 30.4. The van der Waals surface area contributed by atoms with Crippen molar-refractivity contribution in [1.82, 2.24) is 14.8 Å². The molecular weight excluding hydrogens is 392 g/mol. The summed E-state index contributed by atoms with van der Waals surface area (Å²) in [5, 5.41) is 6.06. The average Bonchev–Trinajstić information content (AvgIpc) is 3.50. The van der Waals surface area contributed by atoms with Crippen LogP contribution in [0.1, 0.15) is 10.5 Å². The highest BCUT2D eigenvalue weighted by Crippen LogP contribution is 2.30. The minimum absolute atomic E-state index is 0.0111. The standard InChI is InChI=1S/C20H12N4O4S/c25-18(14-9-16(28-23-14)15-7-4-8-27-15)22-24-11-21-19-17(20(24)26)13(10-29-19)12-5-2-1-3-6-12/h1-11H,(H,22,25). The van der Waals surface area contributed by atoms with Crippen molar-refractivity contribution < 1.29 is 13.7 Å². The molecule has 0 fully saturated rings. The number of aromatic nitrogens is 3. The number of furan rings is 1. The van der Waals surface area contributed by atoms with Crippen molar-refractivity contribution in [3.8, 4) is 22.6 Å². The van der Waals surface area contributed by atoms with Gasteiger partial charge in [0.1, 0.15) is 11.2 Å². The summed E-state index contributed by atoms with van der Waals surface area (Å²) in [5.41, 5.74) is 3.81. The zero-order chi connectivity index (χ0) is 19.8. The van der Waals surface area contributed by atoms with Gasteiger partial charge in [-0.25, -0.2) is 9.66 Å². The fourth-order valence-corrected chi connectivity index (χ4v) is 3.83. The van der Waals surface area contributed by atoms with Crippen LogP contribution in [0.4, 0.5) is 0 Å². The van der Waals surface area contributed by atoms with Gasteiger partial charge in [0.15, 0.2) is 11.5 Å². The van der Waals surface area contributed by atoms with E-state index in [0.717, 1.165) is 15.8 Å². The average molecular weight is 404 g/mol. The number of nitrogens with zero attached hydrogens (tertiary/aromatic N) is 3. The molecule has 0 aliphatic heterocycles. The lowest BCUT2D eigenvalue weighted by atomic mass is 10.1. The second kappa shape index (κ2) is 6.88. The second-order valence-electron chi connectivity index (χ2n) is 6.11. The Bertz CT molecular complexity index is 1370. The lowest BCUT2D eigenvalue weighted by Crippen LogP contribution is -2.33. The van der Waals surface area contributed by atoms with E-state index in [1.807, 2.05) is 35.7 Å². The van der Waals surface area contributed by atoms with E-state index in [2.05, 4.69) is 15.6 Å². The first-order valence-corrected chi connectivity index (χ1v) is 9.45. The van der Waals surface area contributed by atoms with Crippen LogP contribution >= 0.6 is 11.3 Å². The van der Waals surface area contributed by atoms with Gasteiger partial charge in [-0.2, -0.15) is 0 Å². The molecule has 4 aromatic heterocycles. The van der Waals surface area contributed by atoms with Gasteiger partial charge in [0.25, 0.3) is 11.5 Å². The zero-order valence-corrected chi connectivity index (χ0v) is 15.6. The molecule has 4 heterocycles. The minimum atomic E-state index is -0.605. The maximum Gasteiger partial charge on any atom is 0.292 e. The quantitative estimate of drug-likeness (QED) is 0.489. The van der Waals surface area contributed by atoms with E-state index in [1.54, 1.807) is 12.1 Å². The lowest BCUT2D eigenvalue weighted by molar-refractivity contribution is 0.0998. The summed E-state index contributed by atoms with van der Waals surface area (Å²) in [6, 6.07) is 14.4. The zero-order valence-electron chi connectivity index (χ0n) is 14.7. The summed E-state index contributed by atoms with van der Waals surface area (Å²) in [5.74, 6) is 0.152. The van der Waals surface area contributed by atoms with Crippen molar-refractivity contribution >= 4 is 27.5 Å². The molecule has 1 N–H and O–H groups in total. The predicted molar refractivity (Wildman–Crippen MR) is 107 cm³/mol. The number of thiophene rings is 1. The van der Waals surface area contributed by atoms with Gasteiger partial charge in [0.05, 0.1) is 11.6 Å². The SMILES string of the molecule is O=C(Nn1cnc2scc(-c3ccccc3)c2c1=O)c1cc(-c2ccco2)on1. The van der Waals surface area contributed by atoms with Crippen molar-refractivity contribution in [3.05, 3.63) is 82.5 Å². The Morgan fingerprint density at radius 3 is 2.76 bits per heavy atom. The van der Waals surface area contributed by atoms with Crippen molar-refractivity contribution in [1.29, 1.82) is 0 Å². The molecule has 142 valence electrons. The molecule has 0 saturated heterocycles. The van der Waals surface area contributed by atoms with E-state index in [1.165, 1.54) is 30.0 Å². The van der Waals surface area contributed by atoms with Gasteiger partial charge in [-0.1, -0.05) is 35.5 Å². The molecule has 29 heavy (non-hydrogen) atoms. The topological polar surface area (TPSA) is 103 Å². The summed E-state index contributed by atoms with van der Waals surface area (Å²) >= 11 is 1.37. The maximum atomic E-state index is 13.0. The molecule has 0 saturated carbocycles. The molecule has 0 aliphatic carbocycles. The smallest absolute Gasteiger partial charge is 0.292 e. The molecule has 5 rings (SSSR count).